The van der Waals surface area contributed by atoms with Gasteiger partial charge >= 0.3 is 0 Å². The number of hydrogen-bond acceptors (Lipinski definition) is 2. The molecule has 0 unspecified atom stereocenters. The summed E-state index contributed by atoms with van der Waals surface area (Å²) in [6.45, 7) is 2.03. The Morgan fingerprint density at radius 2 is 1.95 bits per heavy atom. The zero-order valence-corrected chi connectivity index (χ0v) is 11.4. The Kier molecular flexibility index (Phi) is 3.33. The lowest BCUT2D eigenvalue weighted by molar-refractivity contribution is 0.112. The first-order valence-corrected chi connectivity index (χ1v) is 6.74. The van der Waals surface area contributed by atoms with Crippen molar-refractivity contribution >= 4 is 11.8 Å². The van der Waals surface area contributed by atoms with E-state index in [0.717, 1.165) is 35.8 Å². The maximum absolute atomic E-state index is 11.3. The number of carbonyl (C=O) groups excluding carboxylic acids is 1. The van der Waals surface area contributed by atoms with E-state index >= 15 is 0 Å². The van der Waals surface area contributed by atoms with Crippen molar-refractivity contribution in [1.29, 1.82) is 0 Å². The molecule has 0 fully saturated rings. The van der Waals surface area contributed by atoms with Crippen molar-refractivity contribution in [2.45, 2.75) is 19.8 Å². The molecule has 0 aliphatic heterocycles. The molecule has 20 heavy (non-hydrogen) atoms. The number of aromatic nitrogens is 2. The van der Waals surface area contributed by atoms with Gasteiger partial charge in [0.2, 0.25) is 0 Å². The largest absolute Gasteiger partial charge is 0.320 e. The molecule has 0 saturated carbocycles. The highest BCUT2D eigenvalue weighted by Gasteiger charge is 2.13. The summed E-state index contributed by atoms with van der Waals surface area (Å²) in [5.41, 5.74) is 5.35. The minimum absolute atomic E-state index is 0.801. The molecule has 0 bridgehead atoms. The fourth-order valence-electron chi connectivity index (χ4n) is 2.70. The molecule has 0 atom stereocenters. The maximum Gasteiger partial charge on any atom is 0.152 e. The third-order valence-electron chi connectivity index (χ3n) is 3.78. The van der Waals surface area contributed by atoms with Crippen molar-refractivity contribution in [2.75, 3.05) is 0 Å². The molecule has 100 valence electrons. The van der Waals surface area contributed by atoms with Crippen molar-refractivity contribution in [3.05, 3.63) is 71.3 Å². The zero-order valence-electron chi connectivity index (χ0n) is 11.4. The Morgan fingerprint density at radius 1 is 1.15 bits per heavy atom. The number of fused-ring (bicyclic) bond motifs is 1. The van der Waals surface area contributed by atoms with Gasteiger partial charge in [-0.15, -0.1) is 0 Å². The molecule has 0 aliphatic carbocycles. The molecule has 3 heterocycles. The molecule has 0 amide bonds. The van der Waals surface area contributed by atoms with E-state index in [1.165, 1.54) is 11.3 Å². The molecule has 0 spiro atoms. The van der Waals surface area contributed by atoms with Crippen LogP contribution in [-0.4, -0.2) is 15.7 Å². The van der Waals surface area contributed by atoms with E-state index in [2.05, 4.69) is 9.38 Å². The first-order valence-electron chi connectivity index (χ1n) is 6.74. The summed E-state index contributed by atoms with van der Waals surface area (Å²) in [5.74, 6) is 0. The average molecular weight is 264 g/mol. The number of hydrogen-bond donors (Lipinski definition) is 0. The second kappa shape index (κ2) is 5.29. The zero-order chi connectivity index (χ0) is 13.9. The van der Waals surface area contributed by atoms with Gasteiger partial charge in [-0.05, 0) is 55.2 Å². The third kappa shape index (κ3) is 2.11. The van der Waals surface area contributed by atoms with Crippen LogP contribution in [0.15, 0.2) is 48.9 Å². The smallest absolute Gasteiger partial charge is 0.152 e. The summed E-state index contributed by atoms with van der Waals surface area (Å²) in [4.78, 5) is 15.3. The Morgan fingerprint density at radius 3 is 2.70 bits per heavy atom. The van der Waals surface area contributed by atoms with Crippen molar-refractivity contribution in [3.63, 3.8) is 0 Å². The monoisotopic (exact) mass is 264 g/mol. The number of pyridine rings is 2. The second-order valence-corrected chi connectivity index (χ2v) is 4.91. The van der Waals surface area contributed by atoms with Crippen molar-refractivity contribution in [2.24, 2.45) is 0 Å². The maximum atomic E-state index is 11.3. The molecule has 0 aromatic carbocycles. The highest BCUT2D eigenvalue weighted by Crippen LogP contribution is 2.22. The predicted molar refractivity (Wildman–Crippen MR) is 79.2 cm³/mol. The van der Waals surface area contributed by atoms with Crippen LogP contribution in [0.5, 0.6) is 0 Å². The van der Waals surface area contributed by atoms with Crippen LogP contribution in [0, 0.1) is 6.92 Å². The quantitative estimate of drug-likeness (QED) is 0.678. The molecule has 3 heteroatoms. The summed E-state index contributed by atoms with van der Waals surface area (Å²) >= 11 is 0. The van der Waals surface area contributed by atoms with Crippen molar-refractivity contribution < 1.29 is 4.79 Å². The van der Waals surface area contributed by atoms with Crippen LogP contribution in [0.1, 0.15) is 27.2 Å². The summed E-state index contributed by atoms with van der Waals surface area (Å²) in [6.07, 6.45) is 8.47. The third-order valence-corrected chi connectivity index (χ3v) is 3.78. The highest BCUT2D eigenvalue weighted by molar-refractivity contribution is 5.89. The molecular weight excluding hydrogens is 248 g/mol. The first kappa shape index (κ1) is 12.6. The molecule has 3 aromatic rings. The lowest BCUT2D eigenvalue weighted by Gasteiger charge is -2.04. The SMILES string of the molecule is Cc1c(C=O)c2ccccn2c1CCc1ccncc1. The standard InChI is InChI=1S/C17H16N2O/c1-13-15(12-20)17-4-2-3-11-19(17)16(13)6-5-14-7-9-18-10-8-14/h2-4,7-12H,5-6H2,1H3. The highest BCUT2D eigenvalue weighted by atomic mass is 16.1. The van der Waals surface area contributed by atoms with E-state index in [9.17, 15) is 4.79 Å². The van der Waals surface area contributed by atoms with Gasteiger partial charge in [0, 0.05) is 29.8 Å². The minimum Gasteiger partial charge on any atom is -0.320 e. The van der Waals surface area contributed by atoms with Crippen LogP contribution in [0.2, 0.25) is 0 Å². The van der Waals surface area contributed by atoms with Gasteiger partial charge in [-0.1, -0.05) is 6.07 Å². The topological polar surface area (TPSA) is 34.4 Å². The molecule has 3 aromatic heterocycles. The fraction of sp³-hybridized carbons (Fsp3) is 0.176. The van der Waals surface area contributed by atoms with Gasteiger partial charge in [0.05, 0.1) is 5.52 Å². The lowest BCUT2D eigenvalue weighted by atomic mass is 10.1. The van der Waals surface area contributed by atoms with Gasteiger partial charge in [-0.2, -0.15) is 0 Å². The van der Waals surface area contributed by atoms with Gasteiger partial charge in [-0.3, -0.25) is 9.78 Å². The molecule has 3 rings (SSSR count). The lowest BCUT2D eigenvalue weighted by Crippen LogP contribution is -1.98. The van der Waals surface area contributed by atoms with Crippen LogP contribution in [-0.2, 0) is 12.8 Å². The molecular formula is C17H16N2O. The van der Waals surface area contributed by atoms with E-state index in [-0.39, 0.29) is 0 Å². The number of aldehydes is 1. The average Bonchev–Trinajstić information content (AvgIpc) is 2.77. The Hall–Kier alpha value is -2.42. The predicted octanol–water partition coefficient (Wildman–Crippen LogP) is 3.24. The van der Waals surface area contributed by atoms with Gasteiger partial charge in [0.1, 0.15) is 0 Å². The number of aryl methyl sites for hydroxylation is 2. The van der Waals surface area contributed by atoms with E-state index < -0.39 is 0 Å². The summed E-state index contributed by atoms with van der Waals surface area (Å²) in [6, 6.07) is 10.0. The Bertz CT molecular complexity index is 744. The van der Waals surface area contributed by atoms with Crippen molar-refractivity contribution in [3.8, 4) is 0 Å². The van der Waals surface area contributed by atoms with E-state index in [4.69, 9.17) is 0 Å². The van der Waals surface area contributed by atoms with E-state index in [0.29, 0.717) is 0 Å². The second-order valence-electron chi connectivity index (χ2n) is 4.91. The van der Waals surface area contributed by atoms with Gasteiger partial charge in [-0.25, -0.2) is 0 Å². The molecule has 3 nitrogen and oxygen atoms in total. The number of rotatable bonds is 4. The van der Waals surface area contributed by atoms with E-state index in [1.54, 1.807) is 0 Å². The summed E-state index contributed by atoms with van der Waals surface area (Å²) < 4.78 is 2.13. The van der Waals surface area contributed by atoms with Crippen LogP contribution < -0.4 is 0 Å². The van der Waals surface area contributed by atoms with E-state index in [1.807, 2.05) is 55.8 Å². The fourth-order valence-corrected chi connectivity index (χ4v) is 2.70. The molecule has 0 N–H and O–H groups in total. The van der Waals surface area contributed by atoms with Crippen molar-refractivity contribution in [1.82, 2.24) is 9.38 Å². The van der Waals surface area contributed by atoms with Crippen LogP contribution in [0.3, 0.4) is 0 Å². The van der Waals surface area contributed by atoms with Gasteiger partial charge < -0.3 is 4.40 Å². The van der Waals surface area contributed by atoms with Gasteiger partial charge in [0.25, 0.3) is 0 Å². The first-order chi connectivity index (χ1) is 9.81. The normalized spacial score (nSPS) is 10.8. The summed E-state index contributed by atoms with van der Waals surface area (Å²) in [5, 5.41) is 0. The summed E-state index contributed by atoms with van der Waals surface area (Å²) in [7, 11) is 0. The van der Waals surface area contributed by atoms with Crippen LogP contribution in [0.4, 0.5) is 0 Å². The van der Waals surface area contributed by atoms with Gasteiger partial charge in [0.15, 0.2) is 6.29 Å². The Labute approximate surface area is 117 Å². The number of carbonyl (C=O) groups is 1. The minimum atomic E-state index is 0.801. The molecule has 0 saturated heterocycles. The number of nitrogens with zero attached hydrogens (tertiary/aromatic N) is 2. The molecule has 0 radical (unpaired) electrons. The molecule has 0 aliphatic rings. The van der Waals surface area contributed by atoms with Crippen LogP contribution >= 0.6 is 0 Å². The van der Waals surface area contributed by atoms with Crippen LogP contribution in [0.25, 0.3) is 5.52 Å². The Balaban J connectivity index is 1.99.